The van der Waals surface area contributed by atoms with Gasteiger partial charge in [0.05, 0.1) is 18.0 Å². The van der Waals surface area contributed by atoms with Gasteiger partial charge in [0.15, 0.2) is 23.0 Å². The summed E-state index contributed by atoms with van der Waals surface area (Å²) in [6.07, 6.45) is 2.02. The van der Waals surface area contributed by atoms with Gasteiger partial charge in [-0.1, -0.05) is 6.92 Å². The number of hydrogen-bond donors (Lipinski definition) is 1. The number of nitrogens with zero attached hydrogens (tertiary/aromatic N) is 4. The Bertz CT molecular complexity index is 754. The quantitative estimate of drug-likeness (QED) is 0.867. The molecular formula is C14H12FN5O. The molecule has 2 N–H and O–H groups in total. The topological polar surface area (TPSA) is 101 Å². The molecule has 0 aliphatic heterocycles. The smallest absolute Gasteiger partial charge is 0.177 e. The number of halogens is 1. The summed E-state index contributed by atoms with van der Waals surface area (Å²) >= 11 is 0. The first-order valence-corrected chi connectivity index (χ1v) is 6.22. The maximum absolute atomic E-state index is 13.8. The van der Waals surface area contributed by atoms with E-state index < -0.39 is 5.82 Å². The predicted octanol–water partition coefficient (Wildman–Crippen LogP) is 2.13. The van der Waals surface area contributed by atoms with Crippen molar-refractivity contribution in [1.82, 2.24) is 9.55 Å². The van der Waals surface area contributed by atoms with E-state index in [0.717, 1.165) is 12.5 Å². The molecule has 0 saturated carbocycles. The Morgan fingerprint density at radius 3 is 2.76 bits per heavy atom. The average molecular weight is 285 g/mol. The van der Waals surface area contributed by atoms with E-state index in [9.17, 15) is 4.39 Å². The van der Waals surface area contributed by atoms with Crippen LogP contribution < -0.4 is 10.5 Å². The fourth-order valence-corrected chi connectivity index (χ4v) is 1.81. The lowest BCUT2D eigenvalue weighted by Gasteiger charge is -2.12. The molecule has 0 spiro atoms. The molecule has 0 aliphatic rings. The predicted molar refractivity (Wildman–Crippen MR) is 73.2 cm³/mol. The van der Waals surface area contributed by atoms with Gasteiger partial charge in [0.2, 0.25) is 0 Å². The van der Waals surface area contributed by atoms with Crippen LogP contribution in [0.2, 0.25) is 0 Å². The van der Waals surface area contributed by atoms with E-state index in [0.29, 0.717) is 12.3 Å². The number of nitriles is 2. The third kappa shape index (κ3) is 2.63. The SMILES string of the molecule is CCCOc1cc(-n2cnc(C#N)c2C#N)c(N)cc1F. The first-order chi connectivity index (χ1) is 10.1. The van der Waals surface area contributed by atoms with Crippen molar-refractivity contribution in [2.24, 2.45) is 0 Å². The molecule has 6 nitrogen and oxygen atoms in total. The van der Waals surface area contributed by atoms with Crippen LogP contribution in [0.25, 0.3) is 5.69 Å². The van der Waals surface area contributed by atoms with E-state index in [1.165, 1.54) is 17.0 Å². The molecule has 0 radical (unpaired) electrons. The molecule has 0 fully saturated rings. The van der Waals surface area contributed by atoms with Crippen LogP contribution in [-0.2, 0) is 0 Å². The number of benzene rings is 1. The molecule has 7 heteroatoms. The number of anilines is 1. The van der Waals surface area contributed by atoms with Crippen molar-refractivity contribution in [3.05, 3.63) is 35.7 Å². The highest BCUT2D eigenvalue weighted by Crippen LogP contribution is 2.28. The zero-order valence-electron chi connectivity index (χ0n) is 11.3. The van der Waals surface area contributed by atoms with Crippen molar-refractivity contribution >= 4 is 5.69 Å². The monoisotopic (exact) mass is 285 g/mol. The number of rotatable bonds is 4. The maximum Gasteiger partial charge on any atom is 0.177 e. The molecule has 1 aromatic heterocycles. The molecule has 1 aromatic carbocycles. The van der Waals surface area contributed by atoms with E-state index in [2.05, 4.69) is 4.98 Å². The second-order valence-electron chi connectivity index (χ2n) is 4.23. The fourth-order valence-electron chi connectivity index (χ4n) is 1.81. The van der Waals surface area contributed by atoms with E-state index in [1.807, 2.05) is 19.1 Å². The number of ether oxygens (including phenoxy) is 1. The second kappa shape index (κ2) is 5.93. The molecular weight excluding hydrogens is 273 g/mol. The average Bonchev–Trinajstić information content (AvgIpc) is 2.89. The van der Waals surface area contributed by atoms with Gasteiger partial charge < -0.3 is 10.5 Å². The van der Waals surface area contributed by atoms with E-state index in [1.54, 1.807) is 0 Å². The summed E-state index contributed by atoms with van der Waals surface area (Å²) in [5.74, 6) is -0.541. The van der Waals surface area contributed by atoms with Crippen LogP contribution in [-0.4, -0.2) is 16.2 Å². The van der Waals surface area contributed by atoms with Gasteiger partial charge in [-0.2, -0.15) is 10.5 Å². The summed E-state index contributed by atoms with van der Waals surface area (Å²) in [4.78, 5) is 3.83. The van der Waals surface area contributed by atoms with Crippen LogP contribution in [0.3, 0.4) is 0 Å². The molecule has 0 saturated heterocycles. The highest BCUT2D eigenvalue weighted by molar-refractivity contribution is 5.63. The summed E-state index contributed by atoms with van der Waals surface area (Å²) in [6.45, 7) is 2.26. The van der Waals surface area contributed by atoms with Crippen LogP contribution in [0.4, 0.5) is 10.1 Å². The van der Waals surface area contributed by atoms with Gasteiger partial charge in [-0.05, 0) is 6.42 Å². The minimum Gasteiger partial charge on any atom is -0.490 e. The van der Waals surface area contributed by atoms with Crippen molar-refractivity contribution in [2.75, 3.05) is 12.3 Å². The minimum absolute atomic E-state index is 0.0164. The lowest BCUT2D eigenvalue weighted by atomic mass is 10.2. The number of imidazole rings is 1. The third-order valence-corrected chi connectivity index (χ3v) is 2.78. The van der Waals surface area contributed by atoms with Gasteiger partial charge in [0.1, 0.15) is 18.5 Å². The Morgan fingerprint density at radius 1 is 1.38 bits per heavy atom. The second-order valence-corrected chi connectivity index (χ2v) is 4.23. The highest BCUT2D eigenvalue weighted by Gasteiger charge is 2.16. The Hall–Kier alpha value is -3.06. The molecule has 2 aromatic rings. The lowest BCUT2D eigenvalue weighted by molar-refractivity contribution is 0.301. The Morgan fingerprint density at radius 2 is 2.14 bits per heavy atom. The zero-order chi connectivity index (χ0) is 15.4. The standard InChI is InChI=1S/C14H12FN5O/c1-2-3-21-14-5-12(10(18)4-9(14)15)20-8-19-11(6-16)13(20)7-17/h4-5,8H,2-3,18H2,1H3. The molecule has 106 valence electrons. The first-order valence-electron chi connectivity index (χ1n) is 6.22. The van der Waals surface area contributed by atoms with Crippen molar-refractivity contribution in [1.29, 1.82) is 10.5 Å². The van der Waals surface area contributed by atoms with Crippen LogP contribution in [0.1, 0.15) is 24.7 Å². The summed E-state index contributed by atoms with van der Waals surface area (Å²) in [7, 11) is 0. The normalized spacial score (nSPS) is 9.90. The van der Waals surface area contributed by atoms with Crippen molar-refractivity contribution in [3.63, 3.8) is 0 Å². The Balaban J connectivity index is 2.57. The first kappa shape index (κ1) is 14.4. The summed E-state index contributed by atoms with van der Waals surface area (Å²) in [5.41, 5.74) is 6.27. The van der Waals surface area contributed by atoms with Gasteiger partial charge in [0.25, 0.3) is 0 Å². The summed E-state index contributed by atoms with van der Waals surface area (Å²) < 4.78 is 20.4. The van der Waals surface area contributed by atoms with E-state index in [4.69, 9.17) is 21.0 Å². The maximum atomic E-state index is 13.8. The van der Waals surface area contributed by atoms with Gasteiger partial charge in [0, 0.05) is 12.1 Å². The Kier molecular flexibility index (Phi) is 4.05. The number of nitrogen functional groups attached to an aromatic ring is 1. The summed E-state index contributed by atoms with van der Waals surface area (Å²) in [6, 6.07) is 6.21. The number of aromatic nitrogens is 2. The molecule has 0 unspecified atom stereocenters. The van der Waals surface area contributed by atoms with E-state index in [-0.39, 0.29) is 22.8 Å². The zero-order valence-corrected chi connectivity index (χ0v) is 11.3. The molecule has 0 aliphatic carbocycles. The molecule has 21 heavy (non-hydrogen) atoms. The largest absolute Gasteiger partial charge is 0.490 e. The van der Waals surface area contributed by atoms with E-state index >= 15 is 0 Å². The fraction of sp³-hybridized carbons (Fsp3) is 0.214. The highest BCUT2D eigenvalue weighted by atomic mass is 19.1. The number of nitrogens with two attached hydrogens (primary N) is 1. The third-order valence-electron chi connectivity index (χ3n) is 2.78. The lowest BCUT2D eigenvalue weighted by Crippen LogP contribution is -2.05. The van der Waals surface area contributed by atoms with Crippen LogP contribution in [0.5, 0.6) is 5.75 Å². The van der Waals surface area contributed by atoms with Crippen LogP contribution in [0, 0.1) is 28.5 Å². The van der Waals surface area contributed by atoms with Crippen LogP contribution >= 0.6 is 0 Å². The molecule has 0 bridgehead atoms. The van der Waals surface area contributed by atoms with Crippen molar-refractivity contribution < 1.29 is 9.13 Å². The number of hydrogen-bond acceptors (Lipinski definition) is 5. The molecule has 0 amide bonds. The van der Waals surface area contributed by atoms with Gasteiger partial charge >= 0.3 is 0 Å². The van der Waals surface area contributed by atoms with Gasteiger partial charge in [-0.3, -0.25) is 4.57 Å². The molecule has 2 rings (SSSR count). The van der Waals surface area contributed by atoms with Gasteiger partial charge in [-0.15, -0.1) is 0 Å². The molecule has 1 heterocycles. The van der Waals surface area contributed by atoms with Crippen molar-refractivity contribution in [2.45, 2.75) is 13.3 Å². The minimum atomic E-state index is -0.580. The summed E-state index contributed by atoms with van der Waals surface area (Å²) in [5, 5.41) is 18.0. The van der Waals surface area contributed by atoms with Crippen molar-refractivity contribution in [3.8, 4) is 23.6 Å². The Labute approximate surface area is 120 Å². The van der Waals surface area contributed by atoms with Crippen LogP contribution in [0.15, 0.2) is 18.5 Å². The van der Waals surface area contributed by atoms with Gasteiger partial charge in [-0.25, -0.2) is 9.37 Å². The molecule has 0 atom stereocenters.